The summed E-state index contributed by atoms with van der Waals surface area (Å²) >= 11 is 1.86. The lowest BCUT2D eigenvalue weighted by Crippen LogP contribution is -2.35. The van der Waals surface area contributed by atoms with Gasteiger partial charge < -0.3 is 10.2 Å². The fraction of sp³-hybridized carbons (Fsp3) is 0.750. The molecule has 0 unspecified atom stereocenters. The summed E-state index contributed by atoms with van der Waals surface area (Å²) < 4.78 is 0. The Hall–Kier alpha value is -0.380. The normalized spacial score (nSPS) is 17.2. The molecular weight excluding hydrogens is 252 g/mol. The van der Waals surface area contributed by atoms with Crippen molar-refractivity contribution in [3.8, 4) is 0 Å². The van der Waals surface area contributed by atoms with Crippen LogP contribution in [0.2, 0.25) is 0 Å². The zero-order valence-corrected chi connectivity index (χ0v) is 13.1. The van der Waals surface area contributed by atoms with Crippen LogP contribution in [0, 0.1) is 0 Å². The molecule has 19 heavy (non-hydrogen) atoms. The summed E-state index contributed by atoms with van der Waals surface area (Å²) in [6.07, 6.45) is 9.62. The molecule has 1 saturated carbocycles. The number of nitrogens with one attached hydrogen (secondary N) is 1. The first kappa shape index (κ1) is 15.0. The molecule has 2 rings (SSSR count). The van der Waals surface area contributed by atoms with Crippen molar-refractivity contribution < 1.29 is 0 Å². The van der Waals surface area contributed by atoms with Gasteiger partial charge in [0, 0.05) is 10.9 Å². The molecule has 1 heterocycles. The Morgan fingerprint density at radius 3 is 2.84 bits per heavy atom. The van der Waals surface area contributed by atoms with E-state index in [0.717, 1.165) is 19.1 Å². The predicted molar refractivity (Wildman–Crippen MR) is 85.0 cm³/mol. The number of thiophene rings is 1. The molecule has 108 valence electrons. The molecular formula is C16H28N2S. The number of hydrogen-bond donors (Lipinski definition) is 1. The molecule has 1 N–H and O–H groups in total. The van der Waals surface area contributed by atoms with Gasteiger partial charge in [0.2, 0.25) is 0 Å². The van der Waals surface area contributed by atoms with E-state index in [0.29, 0.717) is 0 Å². The first-order valence-electron chi connectivity index (χ1n) is 7.79. The van der Waals surface area contributed by atoms with E-state index in [4.69, 9.17) is 0 Å². The maximum absolute atomic E-state index is 3.56. The molecule has 1 aromatic heterocycles. The van der Waals surface area contributed by atoms with Crippen LogP contribution < -0.4 is 5.32 Å². The zero-order chi connectivity index (χ0) is 13.3. The molecule has 1 aliphatic rings. The standard InChI is InChI=1S/C16H28N2S/c1-18(15-7-3-2-4-8-15)13-6-11-17-12-10-16-9-5-14-19-16/h5,9,14-15,17H,2-4,6-8,10-13H2,1H3. The van der Waals surface area contributed by atoms with Crippen molar-refractivity contribution in [3.05, 3.63) is 22.4 Å². The minimum Gasteiger partial charge on any atom is -0.316 e. The van der Waals surface area contributed by atoms with E-state index in [-0.39, 0.29) is 0 Å². The first-order chi connectivity index (χ1) is 9.36. The molecule has 1 aromatic rings. The second kappa shape index (κ2) is 8.72. The van der Waals surface area contributed by atoms with E-state index in [1.54, 1.807) is 0 Å². The Labute approximate surface area is 122 Å². The van der Waals surface area contributed by atoms with Gasteiger partial charge in [-0.05, 0) is 63.8 Å². The van der Waals surface area contributed by atoms with Gasteiger partial charge in [0.05, 0.1) is 0 Å². The monoisotopic (exact) mass is 280 g/mol. The quantitative estimate of drug-likeness (QED) is 0.733. The van der Waals surface area contributed by atoms with Gasteiger partial charge in [-0.1, -0.05) is 25.3 Å². The topological polar surface area (TPSA) is 15.3 Å². The molecule has 0 spiro atoms. The highest BCUT2D eigenvalue weighted by Gasteiger charge is 2.16. The summed E-state index contributed by atoms with van der Waals surface area (Å²) in [4.78, 5) is 4.08. The fourth-order valence-corrected chi connectivity index (χ4v) is 3.66. The summed E-state index contributed by atoms with van der Waals surface area (Å²) in [5.74, 6) is 0. The van der Waals surface area contributed by atoms with Gasteiger partial charge in [-0.25, -0.2) is 0 Å². The van der Waals surface area contributed by atoms with Crippen LogP contribution in [0.25, 0.3) is 0 Å². The molecule has 0 bridgehead atoms. The molecule has 1 fully saturated rings. The van der Waals surface area contributed by atoms with E-state index < -0.39 is 0 Å². The second-order valence-electron chi connectivity index (χ2n) is 5.71. The summed E-state index contributed by atoms with van der Waals surface area (Å²) in [6, 6.07) is 5.22. The maximum Gasteiger partial charge on any atom is 0.00922 e. The molecule has 0 aliphatic heterocycles. The highest BCUT2D eigenvalue weighted by Crippen LogP contribution is 2.21. The highest BCUT2D eigenvalue weighted by atomic mass is 32.1. The van der Waals surface area contributed by atoms with Crippen molar-refractivity contribution in [1.82, 2.24) is 10.2 Å². The van der Waals surface area contributed by atoms with Gasteiger partial charge in [0.15, 0.2) is 0 Å². The van der Waals surface area contributed by atoms with Crippen LogP contribution in [0.4, 0.5) is 0 Å². The fourth-order valence-electron chi connectivity index (χ4n) is 2.95. The van der Waals surface area contributed by atoms with E-state index in [1.165, 1.54) is 56.4 Å². The largest absolute Gasteiger partial charge is 0.316 e. The average molecular weight is 280 g/mol. The molecule has 2 nitrogen and oxygen atoms in total. The van der Waals surface area contributed by atoms with Gasteiger partial charge >= 0.3 is 0 Å². The first-order valence-corrected chi connectivity index (χ1v) is 8.67. The summed E-state index contributed by atoms with van der Waals surface area (Å²) in [5, 5.41) is 5.72. The molecule has 0 radical (unpaired) electrons. The van der Waals surface area contributed by atoms with Gasteiger partial charge in [0.25, 0.3) is 0 Å². The van der Waals surface area contributed by atoms with Gasteiger partial charge in [-0.15, -0.1) is 11.3 Å². The smallest absolute Gasteiger partial charge is 0.00922 e. The van der Waals surface area contributed by atoms with Gasteiger partial charge in [-0.2, -0.15) is 0 Å². The van der Waals surface area contributed by atoms with Crippen molar-refractivity contribution in [1.29, 1.82) is 0 Å². The van der Waals surface area contributed by atoms with Crippen LogP contribution in [-0.4, -0.2) is 37.6 Å². The highest BCUT2D eigenvalue weighted by molar-refractivity contribution is 7.09. The summed E-state index contributed by atoms with van der Waals surface area (Å²) in [6.45, 7) is 3.52. The SMILES string of the molecule is CN(CCCNCCc1cccs1)C1CCCCC1. The lowest BCUT2D eigenvalue weighted by atomic mass is 9.94. The van der Waals surface area contributed by atoms with Crippen molar-refractivity contribution in [3.63, 3.8) is 0 Å². The molecule has 0 amide bonds. The Morgan fingerprint density at radius 1 is 1.26 bits per heavy atom. The maximum atomic E-state index is 3.56. The van der Waals surface area contributed by atoms with Crippen LogP contribution in [-0.2, 0) is 6.42 Å². The predicted octanol–water partition coefficient (Wildman–Crippen LogP) is 3.53. The van der Waals surface area contributed by atoms with Crippen LogP contribution in [0.15, 0.2) is 17.5 Å². The van der Waals surface area contributed by atoms with Crippen LogP contribution in [0.1, 0.15) is 43.4 Å². The Morgan fingerprint density at radius 2 is 2.11 bits per heavy atom. The third-order valence-corrected chi connectivity index (χ3v) is 5.13. The lowest BCUT2D eigenvalue weighted by Gasteiger charge is -2.31. The Bertz CT molecular complexity index is 317. The van der Waals surface area contributed by atoms with Gasteiger partial charge in [0.1, 0.15) is 0 Å². The lowest BCUT2D eigenvalue weighted by molar-refractivity contribution is 0.189. The Kier molecular flexibility index (Phi) is 6.90. The number of hydrogen-bond acceptors (Lipinski definition) is 3. The minimum atomic E-state index is 0.861. The van der Waals surface area contributed by atoms with E-state index >= 15 is 0 Å². The zero-order valence-electron chi connectivity index (χ0n) is 12.2. The number of nitrogens with zero attached hydrogens (tertiary/aromatic N) is 1. The van der Waals surface area contributed by atoms with Crippen LogP contribution in [0.3, 0.4) is 0 Å². The molecule has 1 aliphatic carbocycles. The van der Waals surface area contributed by atoms with Crippen molar-refractivity contribution in [2.75, 3.05) is 26.7 Å². The second-order valence-corrected chi connectivity index (χ2v) is 6.74. The van der Waals surface area contributed by atoms with Crippen molar-refractivity contribution >= 4 is 11.3 Å². The molecule has 0 saturated heterocycles. The Balaban J connectivity index is 1.47. The van der Waals surface area contributed by atoms with Gasteiger partial charge in [-0.3, -0.25) is 0 Å². The van der Waals surface area contributed by atoms with E-state index in [2.05, 4.69) is 34.8 Å². The van der Waals surface area contributed by atoms with Crippen molar-refractivity contribution in [2.24, 2.45) is 0 Å². The number of rotatable bonds is 8. The van der Waals surface area contributed by atoms with Crippen LogP contribution in [0.5, 0.6) is 0 Å². The average Bonchev–Trinajstić information content (AvgIpc) is 2.96. The third kappa shape index (κ3) is 5.64. The molecule has 0 aromatic carbocycles. The van der Waals surface area contributed by atoms with E-state index in [9.17, 15) is 0 Å². The summed E-state index contributed by atoms with van der Waals surface area (Å²) in [5.41, 5.74) is 0. The van der Waals surface area contributed by atoms with Crippen molar-refractivity contribution in [2.45, 2.75) is 51.0 Å². The molecule has 3 heteroatoms. The van der Waals surface area contributed by atoms with E-state index in [1.807, 2.05) is 11.3 Å². The summed E-state index contributed by atoms with van der Waals surface area (Å²) in [7, 11) is 2.31. The molecule has 0 atom stereocenters. The third-order valence-electron chi connectivity index (χ3n) is 4.19. The minimum absolute atomic E-state index is 0.861. The van der Waals surface area contributed by atoms with Crippen LogP contribution >= 0.6 is 11.3 Å².